The maximum Gasteiger partial charge on any atom is 0.222 e. The van der Waals surface area contributed by atoms with E-state index in [9.17, 15) is 0 Å². The Hall–Kier alpha value is -3.03. The van der Waals surface area contributed by atoms with Crippen molar-refractivity contribution >= 4 is 11.8 Å². The molecule has 1 N–H and O–H groups in total. The molecule has 1 aliphatic rings. The second-order valence-corrected chi connectivity index (χ2v) is 5.66. The molecule has 8 nitrogen and oxygen atoms in total. The van der Waals surface area contributed by atoms with Gasteiger partial charge in [-0.1, -0.05) is 0 Å². The lowest BCUT2D eigenvalue weighted by molar-refractivity contribution is 0.513. The molecule has 0 unspecified atom stereocenters. The largest absolute Gasteiger partial charge is 0.348 e. The first-order valence-corrected chi connectivity index (χ1v) is 7.88. The van der Waals surface area contributed by atoms with E-state index < -0.39 is 0 Å². The van der Waals surface area contributed by atoms with Crippen molar-refractivity contribution in [2.24, 2.45) is 0 Å². The van der Waals surface area contributed by atoms with E-state index in [1.807, 2.05) is 6.92 Å². The Morgan fingerprint density at radius 3 is 2.71 bits per heavy atom. The summed E-state index contributed by atoms with van der Waals surface area (Å²) in [6.45, 7) is 5.10. The molecule has 0 aromatic carbocycles. The van der Waals surface area contributed by atoms with Gasteiger partial charge in [0.1, 0.15) is 5.82 Å². The fourth-order valence-electron chi connectivity index (χ4n) is 2.86. The average molecular weight is 322 g/mol. The zero-order valence-corrected chi connectivity index (χ0v) is 13.4. The third-order valence-corrected chi connectivity index (χ3v) is 4.00. The molecule has 0 atom stereocenters. The van der Waals surface area contributed by atoms with Crippen molar-refractivity contribution in [1.82, 2.24) is 29.7 Å². The van der Waals surface area contributed by atoms with Crippen LogP contribution in [0.15, 0.2) is 36.9 Å². The van der Waals surface area contributed by atoms with Crippen LogP contribution in [-0.4, -0.2) is 36.3 Å². The van der Waals surface area contributed by atoms with Crippen LogP contribution in [0.5, 0.6) is 0 Å². The fourth-order valence-corrected chi connectivity index (χ4v) is 2.86. The van der Waals surface area contributed by atoms with Crippen LogP contribution in [0.4, 0.5) is 11.8 Å². The number of nitrogens with zero attached hydrogens (tertiary/aromatic N) is 7. The van der Waals surface area contributed by atoms with Gasteiger partial charge in [0, 0.05) is 31.3 Å². The molecular formula is C16H18N8. The van der Waals surface area contributed by atoms with Gasteiger partial charge in [0.25, 0.3) is 0 Å². The molecule has 122 valence electrons. The van der Waals surface area contributed by atoms with Gasteiger partial charge in [-0.2, -0.15) is 5.10 Å². The molecule has 0 saturated carbocycles. The second-order valence-electron chi connectivity index (χ2n) is 5.66. The van der Waals surface area contributed by atoms with Gasteiger partial charge in [0.15, 0.2) is 0 Å². The molecule has 4 rings (SSSR count). The molecule has 0 amide bonds. The minimum atomic E-state index is 0.605. The van der Waals surface area contributed by atoms with Crippen molar-refractivity contribution < 1.29 is 0 Å². The van der Waals surface area contributed by atoms with E-state index in [2.05, 4.69) is 46.0 Å². The first-order chi connectivity index (χ1) is 11.8. The van der Waals surface area contributed by atoms with E-state index in [-0.39, 0.29) is 0 Å². The molecule has 24 heavy (non-hydrogen) atoms. The summed E-state index contributed by atoms with van der Waals surface area (Å²) in [5.41, 5.74) is 3.11. The predicted molar refractivity (Wildman–Crippen MR) is 89.4 cm³/mol. The number of hydrogen-bond acceptors (Lipinski definition) is 7. The summed E-state index contributed by atoms with van der Waals surface area (Å²) in [4.78, 5) is 19.4. The predicted octanol–water partition coefficient (Wildman–Crippen LogP) is 1.40. The maximum atomic E-state index is 4.65. The van der Waals surface area contributed by atoms with E-state index in [4.69, 9.17) is 0 Å². The summed E-state index contributed by atoms with van der Waals surface area (Å²) in [6, 6.07) is 3.91. The molecule has 4 heterocycles. The van der Waals surface area contributed by atoms with Gasteiger partial charge in [-0.05, 0) is 19.1 Å². The lowest BCUT2D eigenvalue weighted by atomic mass is 10.2. The summed E-state index contributed by atoms with van der Waals surface area (Å²) < 4.78 is 2.06. The van der Waals surface area contributed by atoms with E-state index in [0.717, 1.165) is 36.8 Å². The Morgan fingerprint density at radius 2 is 1.88 bits per heavy atom. The Labute approximate surface area is 139 Å². The van der Waals surface area contributed by atoms with Crippen molar-refractivity contribution in [3.8, 4) is 0 Å². The van der Waals surface area contributed by atoms with Crippen LogP contribution in [-0.2, 0) is 19.6 Å². The van der Waals surface area contributed by atoms with Gasteiger partial charge < -0.3 is 10.2 Å². The smallest absolute Gasteiger partial charge is 0.222 e. The lowest BCUT2D eigenvalue weighted by Gasteiger charge is -2.29. The second kappa shape index (κ2) is 6.23. The third kappa shape index (κ3) is 2.90. The molecule has 8 heteroatoms. The molecule has 0 bridgehead atoms. The first kappa shape index (κ1) is 14.6. The highest BCUT2D eigenvalue weighted by molar-refractivity contribution is 5.43. The van der Waals surface area contributed by atoms with E-state index in [0.29, 0.717) is 12.5 Å². The topological polar surface area (TPSA) is 84.7 Å². The SMILES string of the molecule is Cc1nccnc1N1CCn2nc(CNc3ncccn3)cc2C1. The number of anilines is 2. The monoisotopic (exact) mass is 322 g/mol. The summed E-state index contributed by atoms with van der Waals surface area (Å²) in [5, 5.41) is 7.84. The van der Waals surface area contributed by atoms with Crippen LogP contribution in [0.2, 0.25) is 0 Å². The van der Waals surface area contributed by atoms with Crippen LogP contribution in [0.3, 0.4) is 0 Å². The van der Waals surface area contributed by atoms with Gasteiger partial charge >= 0.3 is 0 Å². The highest BCUT2D eigenvalue weighted by atomic mass is 15.4. The molecule has 3 aromatic rings. The Morgan fingerprint density at radius 1 is 1.04 bits per heavy atom. The molecule has 0 radical (unpaired) electrons. The third-order valence-electron chi connectivity index (χ3n) is 4.00. The molecule has 0 fully saturated rings. The molecule has 3 aromatic heterocycles. The zero-order chi connectivity index (χ0) is 16.4. The summed E-state index contributed by atoms with van der Waals surface area (Å²) in [5.74, 6) is 1.56. The van der Waals surface area contributed by atoms with Crippen LogP contribution in [0.1, 0.15) is 17.1 Å². The van der Waals surface area contributed by atoms with E-state index in [1.165, 1.54) is 5.69 Å². The summed E-state index contributed by atoms with van der Waals surface area (Å²) in [6.07, 6.45) is 6.90. The van der Waals surface area contributed by atoms with E-state index >= 15 is 0 Å². The summed E-state index contributed by atoms with van der Waals surface area (Å²) in [7, 11) is 0. The molecule has 0 aliphatic carbocycles. The normalized spacial score (nSPS) is 13.6. The Bertz CT molecular complexity index is 829. The van der Waals surface area contributed by atoms with Crippen molar-refractivity contribution in [3.63, 3.8) is 0 Å². The number of rotatable bonds is 4. The van der Waals surface area contributed by atoms with Crippen LogP contribution >= 0.6 is 0 Å². The van der Waals surface area contributed by atoms with Gasteiger partial charge in [-0.15, -0.1) is 0 Å². The quantitative estimate of drug-likeness (QED) is 0.777. The number of nitrogens with one attached hydrogen (secondary N) is 1. The van der Waals surface area contributed by atoms with Crippen LogP contribution < -0.4 is 10.2 Å². The van der Waals surface area contributed by atoms with Gasteiger partial charge in [0.05, 0.1) is 36.7 Å². The number of aryl methyl sites for hydroxylation is 1. The van der Waals surface area contributed by atoms with Gasteiger partial charge in [-0.3, -0.25) is 9.67 Å². The first-order valence-electron chi connectivity index (χ1n) is 7.88. The number of fused-ring (bicyclic) bond motifs is 1. The van der Waals surface area contributed by atoms with Gasteiger partial charge in [0.2, 0.25) is 5.95 Å². The zero-order valence-electron chi connectivity index (χ0n) is 13.4. The highest BCUT2D eigenvalue weighted by Crippen LogP contribution is 2.21. The number of aromatic nitrogens is 6. The van der Waals surface area contributed by atoms with Gasteiger partial charge in [-0.25, -0.2) is 15.0 Å². The van der Waals surface area contributed by atoms with Crippen molar-refractivity contribution in [2.75, 3.05) is 16.8 Å². The molecular weight excluding hydrogens is 304 g/mol. The molecule has 1 aliphatic heterocycles. The highest BCUT2D eigenvalue weighted by Gasteiger charge is 2.20. The van der Waals surface area contributed by atoms with Crippen molar-refractivity contribution in [1.29, 1.82) is 0 Å². The minimum absolute atomic E-state index is 0.605. The average Bonchev–Trinajstić information content (AvgIpc) is 3.03. The minimum Gasteiger partial charge on any atom is -0.348 e. The standard InChI is InChI=1S/C16H18N8/c1-12-15(18-6-5-17-12)23-7-8-24-14(11-23)9-13(22-24)10-21-16-19-3-2-4-20-16/h2-6,9H,7-8,10-11H2,1H3,(H,19,20,21). The van der Waals surface area contributed by atoms with Crippen molar-refractivity contribution in [2.45, 2.75) is 26.6 Å². The maximum absolute atomic E-state index is 4.65. The Kier molecular flexibility index (Phi) is 3.78. The molecule has 0 spiro atoms. The number of hydrogen-bond donors (Lipinski definition) is 1. The van der Waals surface area contributed by atoms with E-state index in [1.54, 1.807) is 30.9 Å². The molecule has 0 saturated heterocycles. The van der Waals surface area contributed by atoms with Crippen LogP contribution in [0.25, 0.3) is 0 Å². The van der Waals surface area contributed by atoms with Crippen LogP contribution in [0, 0.1) is 6.92 Å². The fraction of sp³-hybridized carbons (Fsp3) is 0.312. The Balaban J connectivity index is 1.47. The lowest BCUT2D eigenvalue weighted by Crippen LogP contribution is -2.34. The summed E-state index contributed by atoms with van der Waals surface area (Å²) >= 11 is 0. The van der Waals surface area contributed by atoms with Crippen molar-refractivity contribution in [3.05, 3.63) is 54.0 Å².